The summed E-state index contributed by atoms with van der Waals surface area (Å²) in [4.78, 5) is -0.756. The highest BCUT2D eigenvalue weighted by Gasteiger charge is 2.47. The number of ether oxygens (including phenoxy) is 1. The molecule has 1 N–H and O–H groups in total. The van der Waals surface area contributed by atoms with Crippen molar-refractivity contribution in [3.63, 3.8) is 0 Å². The zero-order valence-corrected chi connectivity index (χ0v) is 12.0. The number of nitrogens with one attached hydrogen (secondary N) is 1. The third-order valence-corrected chi connectivity index (χ3v) is 4.82. The molecule has 0 spiro atoms. The van der Waals surface area contributed by atoms with Crippen molar-refractivity contribution in [2.75, 3.05) is 18.5 Å². The number of sulfone groups is 1. The normalized spacial score (nSPS) is 20.2. The number of hydrogen-bond donors (Lipinski definition) is 1. The number of halogens is 3. The fourth-order valence-corrected chi connectivity index (χ4v) is 3.10. The van der Waals surface area contributed by atoms with Gasteiger partial charge >= 0.3 is 5.51 Å². The van der Waals surface area contributed by atoms with Crippen LogP contribution in [0.4, 0.5) is 18.9 Å². The topological polar surface area (TPSA) is 55.4 Å². The molecule has 0 bridgehead atoms. The van der Waals surface area contributed by atoms with Gasteiger partial charge in [-0.15, -0.1) is 0 Å². The van der Waals surface area contributed by atoms with E-state index in [1.165, 1.54) is 18.2 Å². The van der Waals surface area contributed by atoms with Gasteiger partial charge in [0.25, 0.3) is 9.84 Å². The van der Waals surface area contributed by atoms with Crippen molar-refractivity contribution in [1.29, 1.82) is 0 Å². The van der Waals surface area contributed by atoms with Crippen LogP contribution in [0.25, 0.3) is 0 Å². The van der Waals surface area contributed by atoms with Gasteiger partial charge in [0, 0.05) is 13.2 Å². The second-order valence-electron chi connectivity index (χ2n) is 4.81. The first-order chi connectivity index (χ1) is 9.82. The molecular formula is C13H16F3NO3S. The molecule has 1 unspecified atom stereocenters. The number of anilines is 1. The predicted octanol–water partition coefficient (Wildman–Crippen LogP) is 2.96. The Morgan fingerprint density at radius 2 is 1.95 bits per heavy atom. The summed E-state index contributed by atoms with van der Waals surface area (Å²) in [5.74, 6) is 0. The molecule has 0 aliphatic carbocycles. The smallest absolute Gasteiger partial charge is 0.381 e. The van der Waals surface area contributed by atoms with Crippen LogP contribution >= 0.6 is 0 Å². The molecule has 21 heavy (non-hydrogen) atoms. The lowest BCUT2D eigenvalue weighted by Gasteiger charge is -2.24. The minimum atomic E-state index is -5.36. The second-order valence-corrected chi connectivity index (χ2v) is 6.72. The van der Waals surface area contributed by atoms with Crippen molar-refractivity contribution in [2.45, 2.75) is 35.8 Å². The van der Waals surface area contributed by atoms with Crippen LogP contribution in [0.5, 0.6) is 0 Å². The molecule has 1 saturated heterocycles. The lowest BCUT2D eigenvalue weighted by atomic mass is 10.1. The number of benzene rings is 1. The van der Waals surface area contributed by atoms with E-state index in [0.717, 1.165) is 25.3 Å². The van der Waals surface area contributed by atoms with E-state index in [1.54, 1.807) is 0 Å². The van der Waals surface area contributed by atoms with Gasteiger partial charge in [0.1, 0.15) is 0 Å². The fourth-order valence-electron chi connectivity index (χ4n) is 2.16. The SMILES string of the molecule is O=S(=O)(c1ccccc1NCC1CCCCO1)C(F)(F)F. The van der Waals surface area contributed by atoms with E-state index in [1.807, 2.05) is 0 Å². The predicted molar refractivity (Wildman–Crippen MR) is 71.8 cm³/mol. The van der Waals surface area contributed by atoms with Crippen molar-refractivity contribution in [2.24, 2.45) is 0 Å². The summed E-state index contributed by atoms with van der Waals surface area (Å²) >= 11 is 0. The Balaban J connectivity index is 2.17. The maximum atomic E-state index is 12.7. The summed E-state index contributed by atoms with van der Waals surface area (Å²) in [6.07, 6.45) is 2.66. The summed E-state index contributed by atoms with van der Waals surface area (Å²) in [7, 11) is -5.36. The molecule has 1 aliphatic rings. The summed E-state index contributed by atoms with van der Waals surface area (Å²) in [6.45, 7) is 0.902. The Morgan fingerprint density at radius 3 is 2.57 bits per heavy atom. The zero-order chi connectivity index (χ0) is 15.5. The Labute approximate surface area is 121 Å². The van der Waals surface area contributed by atoms with Crippen molar-refractivity contribution in [1.82, 2.24) is 0 Å². The molecule has 1 aromatic rings. The van der Waals surface area contributed by atoms with Gasteiger partial charge in [-0.05, 0) is 31.4 Å². The average Bonchev–Trinajstić information content (AvgIpc) is 2.45. The van der Waals surface area contributed by atoms with E-state index in [9.17, 15) is 21.6 Å². The van der Waals surface area contributed by atoms with E-state index >= 15 is 0 Å². The molecule has 118 valence electrons. The lowest BCUT2D eigenvalue weighted by molar-refractivity contribution is -0.0435. The summed E-state index contributed by atoms with van der Waals surface area (Å²) < 4.78 is 66.5. The highest BCUT2D eigenvalue weighted by atomic mass is 32.2. The number of para-hydroxylation sites is 1. The van der Waals surface area contributed by atoms with Crippen molar-refractivity contribution in [3.8, 4) is 0 Å². The monoisotopic (exact) mass is 323 g/mol. The maximum Gasteiger partial charge on any atom is 0.501 e. The van der Waals surface area contributed by atoms with Gasteiger partial charge in [0.05, 0.1) is 16.7 Å². The molecule has 0 saturated carbocycles. The van der Waals surface area contributed by atoms with Crippen LogP contribution in [-0.2, 0) is 14.6 Å². The van der Waals surface area contributed by atoms with E-state index < -0.39 is 20.2 Å². The molecule has 0 radical (unpaired) electrons. The molecular weight excluding hydrogens is 307 g/mol. The Hall–Kier alpha value is -1.28. The van der Waals surface area contributed by atoms with Gasteiger partial charge in [-0.2, -0.15) is 13.2 Å². The van der Waals surface area contributed by atoms with Crippen LogP contribution < -0.4 is 5.32 Å². The van der Waals surface area contributed by atoms with Crippen LogP contribution in [0.2, 0.25) is 0 Å². The minimum Gasteiger partial charge on any atom is -0.381 e. The molecule has 1 heterocycles. The van der Waals surface area contributed by atoms with Crippen molar-refractivity contribution < 1.29 is 26.3 Å². The van der Waals surface area contributed by atoms with Crippen LogP contribution in [-0.4, -0.2) is 33.2 Å². The number of rotatable bonds is 4. The van der Waals surface area contributed by atoms with Gasteiger partial charge in [-0.1, -0.05) is 12.1 Å². The molecule has 8 heteroatoms. The first kappa shape index (κ1) is 16.1. The minimum absolute atomic E-state index is 0.0519. The van der Waals surface area contributed by atoms with E-state index in [4.69, 9.17) is 4.74 Å². The van der Waals surface area contributed by atoms with Gasteiger partial charge < -0.3 is 10.1 Å². The third kappa shape index (κ3) is 3.68. The molecule has 1 aromatic carbocycles. The first-order valence-electron chi connectivity index (χ1n) is 6.58. The standard InChI is InChI=1S/C13H16F3NO3S/c14-13(15,16)21(18,19)12-7-2-1-6-11(12)17-9-10-5-3-4-8-20-10/h1-2,6-7,10,17H,3-5,8-9H2. The second kappa shape index (κ2) is 6.23. The van der Waals surface area contributed by atoms with Gasteiger partial charge in [0.15, 0.2) is 0 Å². The zero-order valence-electron chi connectivity index (χ0n) is 11.2. The third-order valence-electron chi connectivity index (χ3n) is 3.28. The van der Waals surface area contributed by atoms with Gasteiger partial charge in [-0.3, -0.25) is 0 Å². The molecule has 0 aromatic heterocycles. The Kier molecular flexibility index (Phi) is 4.77. The maximum absolute atomic E-state index is 12.7. The summed E-state index contributed by atoms with van der Waals surface area (Å²) in [5, 5.41) is 2.76. The molecule has 2 rings (SSSR count). The molecule has 1 aliphatic heterocycles. The Morgan fingerprint density at radius 1 is 1.24 bits per heavy atom. The lowest BCUT2D eigenvalue weighted by Crippen LogP contribution is -2.28. The van der Waals surface area contributed by atoms with E-state index in [-0.39, 0.29) is 18.3 Å². The highest BCUT2D eigenvalue weighted by molar-refractivity contribution is 7.92. The summed E-state index contributed by atoms with van der Waals surface area (Å²) in [5.41, 5.74) is -5.37. The van der Waals surface area contributed by atoms with Crippen LogP contribution in [0.1, 0.15) is 19.3 Å². The largest absolute Gasteiger partial charge is 0.501 e. The van der Waals surface area contributed by atoms with Crippen LogP contribution in [0, 0.1) is 0 Å². The number of alkyl halides is 3. The van der Waals surface area contributed by atoms with E-state index in [0.29, 0.717) is 6.61 Å². The van der Waals surface area contributed by atoms with Crippen LogP contribution in [0.15, 0.2) is 29.2 Å². The average molecular weight is 323 g/mol. The van der Waals surface area contributed by atoms with Crippen LogP contribution in [0.3, 0.4) is 0 Å². The van der Waals surface area contributed by atoms with Gasteiger partial charge in [-0.25, -0.2) is 8.42 Å². The van der Waals surface area contributed by atoms with Crippen molar-refractivity contribution in [3.05, 3.63) is 24.3 Å². The quantitative estimate of drug-likeness (QED) is 0.925. The van der Waals surface area contributed by atoms with Gasteiger partial charge in [0.2, 0.25) is 0 Å². The van der Waals surface area contributed by atoms with Crippen molar-refractivity contribution >= 4 is 15.5 Å². The first-order valence-corrected chi connectivity index (χ1v) is 8.06. The molecule has 4 nitrogen and oxygen atoms in total. The molecule has 1 atom stereocenters. The fraction of sp³-hybridized carbons (Fsp3) is 0.538. The molecule has 1 fully saturated rings. The highest BCUT2D eigenvalue weighted by Crippen LogP contribution is 2.34. The Bertz CT molecular complexity index is 581. The molecule has 0 amide bonds. The van der Waals surface area contributed by atoms with E-state index in [2.05, 4.69) is 5.32 Å². The summed E-state index contributed by atoms with van der Waals surface area (Å²) in [6, 6.07) is 5.02. The number of hydrogen-bond acceptors (Lipinski definition) is 4.